The van der Waals surface area contributed by atoms with Crippen LogP contribution in [0.1, 0.15) is 34.2 Å². The largest absolute Gasteiger partial charge is 0.461 e. The highest BCUT2D eigenvalue weighted by molar-refractivity contribution is 5.89. The van der Waals surface area contributed by atoms with E-state index in [0.717, 1.165) is 16.8 Å². The van der Waals surface area contributed by atoms with E-state index in [4.69, 9.17) is 4.74 Å². The topological polar surface area (TPSA) is 44.1 Å². The first kappa shape index (κ1) is 13.3. The van der Waals surface area contributed by atoms with Gasteiger partial charge in [-0.05, 0) is 19.4 Å². The summed E-state index contributed by atoms with van der Waals surface area (Å²) in [4.78, 5) is 11.9. The number of nitrogens with zero attached hydrogens (tertiary/aromatic N) is 2. The fourth-order valence-corrected chi connectivity index (χ4v) is 2.03. The van der Waals surface area contributed by atoms with Gasteiger partial charge in [-0.2, -0.15) is 5.10 Å². The van der Waals surface area contributed by atoms with Gasteiger partial charge in [0.2, 0.25) is 0 Å². The van der Waals surface area contributed by atoms with Crippen molar-refractivity contribution in [1.29, 1.82) is 0 Å². The lowest BCUT2D eigenvalue weighted by Gasteiger charge is -2.04. The molecule has 4 heteroatoms. The van der Waals surface area contributed by atoms with Gasteiger partial charge in [0, 0.05) is 24.7 Å². The SMILES string of the molecule is CCOC(=O)c1nn(C)c(C)c1Cc1ccccc1. The van der Waals surface area contributed by atoms with Gasteiger partial charge < -0.3 is 4.74 Å². The van der Waals surface area contributed by atoms with Crippen LogP contribution in [0, 0.1) is 6.92 Å². The van der Waals surface area contributed by atoms with Gasteiger partial charge in [0.25, 0.3) is 0 Å². The molecule has 0 unspecified atom stereocenters. The van der Waals surface area contributed by atoms with Crippen LogP contribution in [-0.2, 0) is 18.2 Å². The molecular weight excluding hydrogens is 240 g/mol. The van der Waals surface area contributed by atoms with Crippen LogP contribution in [0.4, 0.5) is 0 Å². The minimum Gasteiger partial charge on any atom is -0.461 e. The lowest BCUT2D eigenvalue weighted by molar-refractivity contribution is 0.0517. The first-order chi connectivity index (χ1) is 9.13. The number of carbonyl (C=O) groups is 1. The van der Waals surface area contributed by atoms with Crippen molar-refractivity contribution in [1.82, 2.24) is 9.78 Å². The third-order valence-electron chi connectivity index (χ3n) is 3.15. The fraction of sp³-hybridized carbons (Fsp3) is 0.333. The standard InChI is InChI=1S/C15H18N2O2/c1-4-19-15(18)14-13(11(2)17(3)16-14)10-12-8-6-5-7-9-12/h5-9H,4,10H2,1-3H3. The minimum atomic E-state index is -0.350. The molecule has 0 aliphatic rings. The van der Waals surface area contributed by atoms with Crippen LogP contribution < -0.4 is 0 Å². The summed E-state index contributed by atoms with van der Waals surface area (Å²) >= 11 is 0. The molecule has 0 radical (unpaired) electrons. The summed E-state index contributed by atoms with van der Waals surface area (Å²) in [6.45, 7) is 4.12. The summed E-state index contributed by atoms with van der Waals surface area (Å²) in [5, 5.41) is 4.27. The molecule has 19 heavy (non-hydrogen) atoms. The molecule has 0 atom stereocenters. The summed E-state index contributed by atoms with van der Waals surface area (Å²) in [7, 11) is 1.84. The molecule has 0 spiro atoms. The van der Waals surface area contributed by atoms with Crippen molar-refractivity contribution in [2.45, 2.75) is 20.3 Å². The number of carbonyl (C=O) groups excluding carboxylic acids is 1. The Bertz CT molecular complexity index is 573. The molecule has 2 rings (SSSR count). The highest BCUT2D eigenvalue weighted by atomic mass is 16.5. The molecule has 0 saturated carbocycles. The lowest BCUT2D eigenvalue weighted by Crippen LogP contribution is -2.08. The summed E-state index contributed by atoms with van der Waals surface area (Å²) in [6, 6.07) is 10.0. The average Bonchev–Trinajstić information content (AvgIpc) is 2.69. The molecule has 0 fully saturated rings. The molecule has 0 amide bonds. The Kier molecular flexibility index (Phi) is 4.00. The molecule has 0 bridgehead atoms. The van der Waals surface area contributed by atoms with Crippen LogP contribution in [0.25, 0.3) is 0 Å². The van der Waals surface area contributed by atoms with Crippen molar-refractivity contribution in [3.63, 3.8) is 0 Å². The Morgan fingerprint density at radius 1 is 1.32 bits per heavy atom. The molecule has 1 aromatic carbocycles. The Morgan fingerprint density at radius 2 is 2.00 bits per heavy atom. The molecule has 0 aliphatic heterocycles. The van der Waals surface area contributed by atoms with Crippen molar-refractivity contribution in [2.24, 2.45) is 7.05 Å². The highest BCUT2D eigenvalue weighted by Crippen LogP contribution is 2.18. The van der Waals surface area contributed by atoms with E-state index < -0.39 is 0 Å². The number of aromatic nitrogens is 2. The molecule has 100 valence electrons. The van der Waals surface area contributed by atoms with Crippen LogP contribution in [0.2, 0.25) is 0 Å². The van der Waals surface area contributed by atoms with Crippen LogP contribution in [0.5, 0.6) is 0 Å². The summed E-state index contributed by atoms with van der Waals surface area (Å²) in [5.74, 6) is -0.350. The zero-order chi connectivity index (χ0) is 13.8. The molecule has 1 heterocycles. The maximum Gasteiger partial charge on any atom is 0.359 e. The predicted octanol–water partition coefficient (Wildman–Crippen LogP) is 2.50. The maximum atomic E-state index is 11.9. The van der Waals surface area contributed by atoms with E-state index in [2.05, 4.69) is 5.10 Å². The summed E-state index contributed by atoms with van der Waals surface area (Å²) in [6.07, 6.45) is 0.689. The van der Waals surface area contributed by atoms with E-state index >= 15 is 0 Å². The lowest BCUT2D eigenvalue weighted by atomic mass is 10.0. The zero-order valence-corrected chi connectivity index (χ0v) is 11.5. The highest BCUT2D eigenvalue weighted by Gasteiger charge is 2.20. The quantitative estimate of drug-likeness (QED) is 0.791. The van der Waals surface area contributed by atoms with Gasteiger partial charge in [0.15, 0.2) is 5.69 Å². The first-order valence-corrected chi connectivity index (χ1v) is 6.37. The number of hydrogen-bond donors (Lipinski definition) is 0. The molecule has 0 N–H and O–H groups in total. The van der Waals surface area contributed by atoms with Crippen LogP contribution in [0.3, 0.4) is 0 Å². The Labute approximate surface area is 113 Å². The van der Waals surface area contributed by atoms with Gasteiger partial charge in [-0.15, -0.1) is 0 Å². The number of ether oxygens (including phenoxy) is 1. The monoisotopic (exact) mass is 258 g/mol. The number of aryl methyl sites for hydroxylation is 1. The Morgan fingerprint density at radius 3 is 2.63 bits per heavy atom. The minimum absolute atomic E-state index is 0.350. The van der Waals surface area contributed by atoms with E-state index in [9.17, 15) is 4.79 Å². The third kappa shape index (κ3) is 2.84. The maximum absolute atomic E-state index is 11.9. The van der Waals surface area contributed by atoms with Crippen molar-refractivity contribution in [3.05, 3.63) is 52.8 Å². The summed E-state index contributed by atoms with van der Waals surface area (Å²) in [5.41, 5.74) is 3.51. The normalized spacial score (nSPS) is 10.5. The average molecular weight is 258 g/mol. The summed E-state index contributed by atoms with van der Waals surface area (Å²) < 4.78 is 6.79. The van der Waals surface area contributed by atoms with Crippen molar-refractivity contribution < 1.29 is 9.53 Å². The second kappa shape index (κ2) is 5.69. The Balaban J connectivity index is 2.36. The van der Waals surface area contributed by atoms with Gasteiger partial charge in [0.05, 0.1) is 6.61 Å². The number of benzene rings is 1. The van der Waals surface area contributed by atoms with Crippen LogP contribution in [0.15, 0.2) is 30.3 Å². The third-order valence-corrected chi connectivity index (χ3v) is 3.15. The Hall–Kier alpha value is -2.10. The van der Waals surface area contributed by atoms with Gasteiger partial charge >= 0.3 is 5.97 Å². The predicted molar refractivity (Wildman–Crippen MR) is 73.1 cm³/mol. The van der Waals surface area contributed by atoms with E-state index in [1.807, 2.05) is 44.3 Å². The van der Waals surface area contributed by atoms with Crippen molar-refractivity contribution in [2.75, 3.05) is 6.61 Å². The fourth-order valence-electron chi connectivity index (χ4n) is 2.03. The van der Waals surface area contributed by atoms with Crippen molar-refractivity contribution >= 4 is 5.97 Å². The second-order valence-corrected chi connectivity index (χ2v) is 4.42. The van der Waals surface area contributed by atoms with E-state index in [1.54, 1.807) is 11.6 Å². The van der Waals surface area contributed by atoms with E-state index in [-0.39, 0.29) is 5.97 Å². The number of esters is 1. The van der Waals surface area contributed by atoms with Gasteiger partial charge in [-0.1, -0.05) is 30.3 Å². The molecule has 2 aromatic rings. The van der Waals surface area contributed by atoms with E-state index in [0.29, 0.717) is 18.7 Å². The van der Waals surface area contributed by atoms with Crippen LogP contribution in [-0.4, -0.2) is 22.4 Å². The molecule has 4 nitrogen and oxygen atoms in total. The molecule has 0 aliphatic carbocycles. The van der Waals surface area contributed by atoms with Crippen LogP contribution >= 0.6 is 0 Å². The smallest absolute Gasteiger partial charge is 0.359 e. The van der Waals surface area contributed by atoms with Gasteiger partial charge in [0.1, 0.15) is 0 Å². The number of rotatable bonds is 4. The van der Waals surface area contributed by atoms with Crippen molar-refractivity contribution in [3.8, 4) is 0 Å². The van der Waals surface area contributed by atoms with Gasteiger partial charge in [-0.25, -0.2) is 4.79 Å². The second-order valence-electron chi connectivity index (χ2n) is 4.42. The van der Waals surface area contributed by atoms with Gasteiger partial charge in [-0.3, -0.25) is 4.68 Å². The first-order valence-electron chi connectivity index (χ1n) is 6.37. The molecule has 0 saturated heterocycles. The molecule has 1 aromatic heterocycles. The molecular formula is C15H18N2O2. The van der Waals surface area contributed by atoms with E-state index in [1.165, 1.54) is 0 Å². The zero-order valence-electron chi connectivity index (χ0n) is 11.5. The number of hydrogen-bond acceptors (Lipinski definition) is 3.